The highest BCUT2D eigenvalue weighted by molar-refractivity contribution is 5.79. The molecule has 0 saturated heterocycles. The molecule has 148 valence electrons. The van der Waals surface area contributed by atoms with E-state index in [9.17, 15) is 4.39 Å². The van der Waals surface area contributed by atoms with E-state index in [1.54, 1.807) is 36.5 Å². The highest BCUT2D eigenvalue weighted by Gasteiger charge is 2.24. The van der Waals surface area contributed by atoms with E-state index in [1.807, 2.05) is 13.0 Å². The highest BCUT2D eigenvalue weighted by atomic mass is 19.1. The number of aliphatic imine (C=N–C) groups is 1. The summed E-state index contributed by atoms with van der Waals surface area (Å²) in [5.41, 5.74) is 1.29. The summed E-state index contributed by atoms with van der Waals surface area (Å²) in [5.74, 6) is 0.383. The zero-order valence-corrected chi connectivity index (χ0v) is 16.8. The molecule has 0 aliphatic heterocycles. The van der Waals surface area contributed by atoms with Crippen LogP contribution in [-0.4, -0.2) is 41.8 Å². The van der Waals surface area contributed by atoms with Gasteiger partial charge in [0.15, 0.2) is 5.96 Å². The Morgan fingerprint density at radius 1 is 1.33 bits per heavy atom. The average Bonchev–Trinajstić information content (AvgIpc) is 3.13. The van der Waals surface area contributed by atoms with Gasteiger partial charge in [-0.2, -0.15) is 0 Å². The minimum absolute atomic E-state index is 0.0192. The van der Waals surface area contributed by atoms with Crippen molar-refractivity contribution in [3.63, 3.8) is 0 Å². The van der Waals surface area contributed by atoms with E-state index in [0.717, 1.165) is 12.1 Å². The first-order chi connectivity index (χ1) is 12.8. The minimum Gasteiger partial charge on any atom is -0.379 e. The van der Waals surface area contributed by atoms with Gasteiger partial charge in [-0.25, -0.2) is 14.4 Å². The van der Waals surface area contributed by atoms with Crippen LogP contribution in [-0.2, 0) is 11.3 Å². The van der Waals surface area contributed by atoms with Gasteiger partial charge in [0.05, 0.1) is 24.7 Å². The van der Waals surface area contributed by atoms with Gasteiger partial charge in [-0.15, -0.1) is 0 Å². The molecule has 1 aromatic heterocycles. The summed E-state index contributed by atoms with van der Waals surface area (Å²) >= 11 is 0. The molecule has 0 bridgehead atoms. The van der Waals surface area contributed by atoms with E-state index in [-0.39, 0.29) is 17.3 Å². The quantitative estimate of drug-likeness (QED) is 0.577. The van der Waals surface area contributed by atoms with Crippen molar-refractivity contribution < 1.29 is 9.13 Å². The van der Waals surface area contributed by atoms with Crippen molar-refractivity contribution in [1.29, 1.82) is 0 Å². The van der Waals surface area contributed by atoms with Crippen molar-refractivity contribution in [3.05, 3.63) is 48.3 Å². The van der Waals surface area contributed by atoms with Crippen molar-refractivity contribution in [2.24, 2.45) is 10.4 Å². The first-order valence-corrected chi connectivity index (χ1v) is 9.17. The molecule has 0 aliphatic carbocycles. The maximum absolute atomic E-state index is 14.4. The van der Waals surface area contributed by atoms with Crippen LogP contribution in [0, 0.1) is 11.2 Å². The Labute approximate surface area is 160 Å². The van der Waals surface area contributed by atoms with E-state index in [2.05, 4.69) is 41.4 Å². The molecule has 1 heterocycles. The van der Waals surface area contributed by atoms with Gasteiger partial charge < -0.3 is 19.9 Å². The van der Waals surface area contributed by atoms with Crippen LogP contribution < -0.4 is 10.6 Å². The number of nitrogens with zero attached hydrogens (tertiary/aromatic N) is 3. The smallest absolute Gasteiger partial charge is 0.191 e. The SMILES string of the molecule is CCNC(=NCc1ccc(-n2ccnc2)c(F)c1)NCC(OC)C(C)(C)C. The second kappa shape index (κ2) is 9.50. The molecule has 7 heteroatoms. The van der Waals surface area contributed by atoms with Crippen LogP contribution in [0.1, 0.15) is 33.3 Å². The topological polar surface area (TPSA) is 63.5 Å². The van der Waals surface area contributed by atoms with E-state index in [1.165, 1.54) is 6.07 Å². The minimum atomic E-state index is -0.300. The zero-order valence-electron chi connectivity index (χ0n) is 16.8. The molecule has 6 nitrogen and oxygen atoms in total. The van der Waals surface area contributed by atoms with Gasteiger partial charge in [-0.3, -0.25) is 0 Å². The molecule has 27 heavy (non-hydrogen) atoms. The van der Waals surface area contributed by atoms with Gasteiger partial charge in [0.1, 0.15) is 5.82 Å². The number of aromatic nitrogens is 2. The third kappa shape index (κ3) is 6.06. The van der Waals surface area contributed by atoms with Crippen LogP contribution in [0.2, 0.25) is 0 Å². The Hall–Kier alpha value is -2.41. The van der Waals surface area contributed by atoms with Crippen LogP contribution in [0.15, 0.2) is 41.9 Å². The summed E-state index contributed by atoms with van der Waals surface area (Å²) in [5, 5.41) is 6.51. The standard InChI is InChI=1S/C20H30FN5O/c1-6-23-19(25-13-18(27-5)20(2,3)4)24-12-15-7-8-17(16(21)11-15)26-10-9-22-14-26/h7-11,14,18H,6,12-13H2,1-5H3,(H2,23,24,25). The Bertz CT molecular complexity index is 737. The number of halogens is 1. The molecular weight excluding hydrogens is 345 g/mol. The molecule has 0 spiro atoms. The monoisotopic (exact) mass is 375 g/mol. The fourth-order valence-corrected chi connectivity index (χ4v) is 2.70. The van der Waals surface area contributed by atoms with Gasteiger partial charge in [0.25, 0.3) is 0 Å². The molecule has 0 fully saturated rings. The van der Waals surface area contributed by atoms with Gasteiger partial charge in [-0.05, 0) is 30.0 Å². The fraction of sp³-hybridized carbons (Fsp3) is 0.500. The predicted molar refractivity (Wildman–Crippen MR) is 107 cm³/mol. The first kappa shape index (κ1) is 20.9. The molecule has 1 unspecified atom stereocenters. The Kier molecular flexibility index (Phi) is 7.36. The number of hydrogen-bond donors (Lipinski definition) is 2. The van der Waals surface area contributed by atoms with Crippen LogP contribution in [0.5, 0.6) is 0 Å². The lowest BCUT2D eigenvalue weighted by atomic mass is 9.89. The maximum atomic E-state index is 14.4. The molecule has 0 amide bonds. The van der Waals surface area contributed by atoms with Gasteiger partial charge in [0.2, 0.25) is 0 Å². The Balaban J connectivity index is 2.04. The number of nitrogens with one attached hydrogen (secondary N) is 2. The number of ether oxygens (including phenoxy) is 1. The van der Waals surface area contributed by atoms with E-state index < -0.39 is 0 Å². The zero-order chi connectivity index (χ0) is 19.9. The second-order valence-electron chi connectivity index (χ2n) is 7.42. The van der Waals surface area contributed by atoms with E-state index in [0.29, 0.717) is 24.7 Å². The van der Waals surface area contributed by atoms with Crippen LogP contribution in [0.4, 0.5) is 4.39 Å². The van der Waals surface area contributed by atoms with Crippen LogP contribution in [0.25, 0.3) is 5.69 Å². The Morgan fingerprint density at radius 2 is 2.11 bits per heavy atom. The van der Waals surface area contributed by atoms with E-state index >= 15 is 0 Å². The van der Waals surface area contributed by atoms with Gasteiger partial charge in [0, 0.05) is 32.6 Å². The first-order valence-electron chi connectivity index (χ1n) is 9.17. The largest absolute Gasteiger partial charge is 0.379 e. The molecule has 0 radical (unpaired) electrons. The van der Waals surface area contributed by atoms with Crippen LogP contribution in [0.3, 0.4) is 0 Å². The van der Waals surface area contributed by atoms with Gasteiger partial charge >= 0.3 is 0 Å². The molecular formula is C20H30FN5O. The lowest BCUT2D eigenvalue weighted by molar-refractivity contribution is 0.0205. The summed E-state index contributed by atoms with van der Waals surface area (Å²) in [7, 11) is 1.71. The molecule has 0 aliphatic rings. The molecule has 1 atom stereocenters. The third-order valence-corrected chi connectivity index (χ3v) is 4.26. The predicted octanol–water partition coefficient (Wildman–Crippen LogP) is 3.13. The van der Waals surface area contributed by atoms with Crippen molar-refractivity contribution in [3.8, 4) is 5.69 Å². The number of hydrogen-bond acceptors (Lipinski definition) is 3. The summed E-state index contributed by atoms with van der Waals surface area (Å²) in [6.45, 7) is 10.2. The number of imidazole rings is 1. The van der Waals surface area contributed by atoms with Crippen molar-refractivity contribution in [2.75, 3.05) is 20.2 Å². The van der Waals surface area contributed by atoms with E-state index in [4.69, 9.17) is 4.74 Å². The molecule has 1 aromatic carbocycles. The van der Waals surface area contributed by atoms with Gasteiger partial charge in [-0.1, -0.05) is 26.8 Å². The summed E-state index contributed by atoms with van der Waals surface area (Å²) in [6, 6.07) is 5.12. The van der Waals surface area contributed by atoms with Crippen molar-refractivity contribution >= 4 is 5.96 Å². The lowest BCUT2D eigenvalue weighted by Gasteiger charge is -2.30. The summed E-state index contributed by atoms with van der Waals surface area (Å²) in [4.78, 5) is 8.51. The molecule has 2 aromatic rings. The second-order valence-corrected chi connectivity index (χ2v) is 7.42. The molecule has 2 N–H and O–H groups in total. The van der Waals surface area contributed by atoms with Crippen LogP contribution >= 0.6 is 0 Å². The number of benzene rings is 1. The van der Waals surface area contributed by atoms with Crippen molar-refractivity contribution in [1.82, 2.24) is 20.2 Å². The third-order valence-electron chi connectivity index (χ3n) is 4.26. The fourth-order valence-electron chi connectivity index (χ4n) is 2.70. The maximum Gasteiger partial charge on any atom is 0.191 e. The normalized spacial score (nSPS) is 13.5. The number of guanidine groups is 1. The summed E-state index contributed by atoms with van der Waals surface area (Å²) in [6.07, 6.45) is 4.96. The lowest BCUT2D eigenvalue weighted by Crippen LogP contribution is -2.45. The molecule has 0 saturated carbocycles. The number of methoxy groups -OCH3 is 1. The average molecular weight is 375 g/mol. The highest BCUT2D eigenvalue weighted by Crippen LogP contribution is 2.21. The van der Waals surface area contributed by atoms with Crippen molar-refractivity contribution in [2.45, 2.75) is 40.3 Å². The number of rotatable bonds is 7. The summed E-state index contributed by atoms with van der Waals surface area (Å²) < 4.78 is 21.6. The Morgan fingerprint density at radius 3 is 2.67 bits per heavy atom. The molecule has 2 rings (SSSR count).